The SMILES string of the molecule is CC1(C2CCC(F)(F)CC2)CC1(F)C(N)=O. The molecule has 0 saturated heterocycles. The predicted octanol–water partition coefficient (Wildman–Crippen LogP) is 2.42. The Kier molecular flexibility index (Phi) is 2.30. The molecule has 2 saturated carbocycles. The third kappa shape index (κ3) is 1.52. The third-order valence-electron chi connectivity index (χ3n) is 4.40. The topological polar surface area (TPSA) is 43.1 Å². The summed E-state index contributed by atoms with van der Waals surface area (Å²) in [5, 5.41) is 0. The van der Waals surface area contributed by atoms with E-state index >= 15 is 0 Å². The van der Waals surface area contributed by atoms with Crippen molar-refractivity contribution >= 4 is 5.91 Å². The van der Waals surface area contributed by atoms with Gasteiger partial charge in [0.1, 0.15) is 0 Å². The van der Waals surface area contributed by atoms with Gasteiger partial charge in [-0.3, -0.25) is 4.79 Å². The molecule has 2 aliphatic carbocycles. The zero-order valence-corrected chi connectivity index (χ0v) is 9.23. The summed E-state index contributed by atoms with van der Waals surface area (Å²) in [4.78, 5) is 11.0. The van der Waals surface area contributed by atoms with Gasteiger partial charge in [0.05, 0.1) is 0 Å². The molecule has 2 atom stereocenters. The number of hydrogen-bond acceptors (Lipinski definition) is 1. The van der Waals surface area contributed by atoms with E-state index in [1.807, 2.05) is 0 Å². The second-order valence-corrected chi connectivity index (χ2v) is 5.39. The van der Waals surface area contributed by atoms with Crippen molar-refractivity contribution in [2.45, 2.75) is 50.6 Å². The van der Waals surface area contributed by atoms with Crippen molar-refractivity contribution < 1.29 is 18.0 Å². The highest BCUT2D eigenvalue weighted by atomic mass is 19.3. The largest absolute Gasteiger partial charge is 0.367 e. The first-order valence-electron chi connectivity index (χ1n) is 5.58. The van der Waals surface area contributed by atoms with Gasteiger partial charge in [-0.15, -0.1) is 0 Å². The van der Waals surface area contributed by atoms with Gasteiger partial charge >= 0.3 is 0 Å². The van der Waals surface area contributed by atoms with Crippen molar-refractivity contribution in [1.29, 1.82) is 0 Å². The summed E-state index contributed by atoms with van der Waals surface area (Å²) in [6.07, 6.45) is 0.237. The fourth-order valence-corrected chi connectivity index (χ4v) is 2.98. The number of halogens is 3. The molecular weight excluding hydrogens is 219 g/mol. The predicted molar refractivity (Wildman–Crippen MR) is 52.7 cm³/mol. The molecule has 0 aromatic heterocycles. The van der Waals surface area contributed by atoms with Crippen LogP contribution in [0.3, 0.4) is 0 Å². The van der Waals surface area contributed by atoms with E-state index in [0.717, 1.165) is 0 Å². The van der Waals surface area contributed by atoms with Crippen LogP contribution >= 0.6 is 0 Å². The average molecular weight is 235 g/mol. The summed E-state index contributed by atoms with van der Waals surface area (Å²) in [6.45, 7) is 1.64. The fourth-order valence-electron chi connectivity index (χ4n) is 2.98. The Balaban J connectivity index is 2.04. The van der Waals surface area contributed by atoms with E-state index in [-0.39, 0.29) is 38.0 Å². The van der Waals surface area contributed by atoms with E-state index in [1.54, 1.807) is 6.92 Å². The monoisotopic (exact) mass is 235 g/mol. The lowest BCUT2D eigenvalue weighted by atomic mass is 9.76. The van der Waals surface area contributed by atoms with E-state index in [4.69, 9.17) is 5.73 Å². The summed E-state index contributed by atoms with van der Waals surface area (Å²) in [6, 6.07) is 0. The number of hydrogen-bond donors (Lipinski definition) is 1. The lowest BCUT2D eigenvalue weighted by Gasteiger charge is -2.33. The maximum absolute atomic E-state index is 14.0. The molecule has 92 valence electrons. The van der Waals surface area contributed by atoms with Crippen LogP contribution in [0.25, 0.3) is 0 Å². The minimum Gasteiger partial charge on any atom is -0.367 e. The molecule has 0 heterocycles. The van der Waals surface area contributed by atoms with Crippen LogP contribution in [0.5, 0.6) is 0 Å². The molecule has 2 unspecified atom stereocenters. The first-order valence-corrected chi connectivity index (χ1v) is 5.58. The van der Waals surface area contributed by atoms with Gasteiger partial charge in [-0.1, -0.05) is 6.92 Å². The standard InChI is InChI=1S/C11H16F3NO/c1-9(6-11(9,14)8(15)16)7-2-4-10(12,13)5-3-7/h7H,2-6H2,1H3,(H2,15,16). The molecular formula is C11H16F3NO. The number of primary amides is 1. The van der Waals surface area contributed by atoms with E-state index in [2.05, 4.69) is 0 Å². The lowest BCUT2D eigenvalue weighted by Crippen LogP contribution is -2.37. The summed E-state index contributed by atoms with van der Waals surface area (Å²) in [7, 11) is 0. The molecule has 0 spiro atoms. The van der Waals surface area contributed by atoms with E-state index in [0.29, 0.717) is 0 Å². The smallest absolute Gasteiger partial charge is 0.255 e. The van der Waals surface area contributed by atoms with E-state index in [1.165, 1.54) is 0 Å². The number of alkyl halides is 3. The second kappa shape index (κ2) is 3.14. The van der Waals surface area contributed by atoms with Crippen molar-refractivity contribution in [2.24, 2.45) is 17.1 Å². The van der Waals surface area contributed by atoms with Gasteiger partial charge in [0.15, 0.2) is 5.67 Å². The van der Waals surface area contributed by atoms with Crippen LogP contribution in [-0.2, 0) is 4.79 Å². The van der Waals surface area contributed by atoms with Gasteiger partial charge in [0.25, 0.3) is 5.91 Å². The van der Waals surface area contributed by atoms with Crippen LogP contribution in [0, 0.1) is 11.3 Å². The molecule has 0 aliphatic heterocycles. The number of amides is 1. The van der Waals surface area contributed by atoms with Crippen molar-refractivity contribution in [3.05, 3.63) is 0 Å². The quantitative estimate of drug-likeness (QED) is 0.784. The molecule has 2 fully saturated rings. The number of carbonyl (C=O) groups excluding carboxylic acids is 1. The molecule has 2 aliphatic rings. The van der Waals surface area contributed by atoms with Crippen LogP contribution in [0.15, 0.2) is 0 Å². The Labute approximate surface area is 92.4 Å². The molecule has 5 heteroatoms. The van der Waals surface area contributed by atoms with Crippen LogP contribution in [0.2, 0.25) is 0 Å². The molecule has 0 aromatic rings. The summed E-state index contributed by atoms with van der Waals surface area (Å²) in [5.74, 6) is -3.72. The Morgan fingerprint density at radius 1 is 1.25 bits per heavy atom. The number of nitrogens with two attached hydrogens (primary N) is 1. The zero-order chi connectivity index (χ0) is 12.2. The molecule has 2 rings (SSSR count). The highest BCUT2D eigenvalue weighted by Gasteiger charge is 2.73. The van der Waals surface area contributed by atoms with Crippen LogP contribution in [0.4, 0.5) is 13.2 Å². The number of carbonyl (C=O) groups is 1. The van der Waals surface area contributed by atoms with Gasteiger partial charge in [-0.05, 0) is 18.8 Å². The highest BCUT2D eigenvalue weighted by molar-refractivity contribution is 5.88. The molecule has 1 amide bonds. The van der Waals surface area contributed by atoms with Crippen molar-refractivity contribution in [3.8, 4) is 0 Å². The van der Waals surface area contributed by atoms with Gasteiger partial charge in [0, 0.05) is 24.7 Å². The maximum Gasteiger partial charge on any atom is 0.255 e. The minimum atomic E-state index is -2.62. The third-order valence-corrected chi connectivity index (χ3v) is 4.40. The first-order chi connectivity index (χ1) is 7.21. The van der Waals surface area contributed by atoms with Crippen LogP contribution in [-0.4, -0.2) is 17.5 Å². The Morgan fingerprint density at radius 2 is 1.75 bits per heavy atom. The first kappa shape index (κ1) is 11.7. The summed E-state index contributed by atoms with van der Waals surface area (Å²) in [5.41, 5.74) is 2.23. The number of rotatable bonds is 2. The lowest BCUT2D eigenvalue weighted by molar-refractivity contribution is -0.126. The molecule has 0 bridgehead atoms. The molecule has 2 nitrogen and oxygen atoms in total. The van der Waals surface area contributed by atoms with Crippen molar-refractivity contribution in [2.75, 3.05) is 0 Å². The molecule has 2 N–H and O–H groups in total. The molecule has 0 aromatic carbocycles. The van der Waals surface area contributed by atoms with Gasteiger partial charge in [0.2, 0.25) is 5.92 Å². The maximum atomic E-state index is 14.0. The van der Waals surface area contributed by atoms with Gasteiger partial charge in [-0.25, -0.2) is 13.2 Å². The van der Waals surface area contributed by atoms with Crippen LogP contribution < -0.4 is 5.73 Å². The fraction of sp³-hybridized carbons (Fsp3) is 0.909. The summed E-state index contributed by atoms with van der Waals surface area (Å²) < 4.78 is 39.9. The Hall–Kier alpha value is -0.740. The molecule has 16 heavy (non-hydrogen) atoms. The Bertz CT molecular complexity index is 323. The van der Waals surface area contributed by atoms with Crippen LogP contribution in [0.1, 0.15) is 39.0 Å². The normalized spacial score (nSPS) is 43.0. The minimum absolute atomic E-state index is 0.0889. The Morgan fingerprint density at radius 3 is 2.12 bits per heavy atom. The second-order valence-electron chi connectivity index (χ2n) is 5.39. The zero-order valence-electron chi connectivity index (χ0n) is 9.23. The van der Waals surface area contributed by atoms with Crippen molar-refractivity contribution in [3.63, 3.8) is 0 Å². The van der Waals surface area contributed by atoms with Gasteiger partial charge < -0.3 is 5.73 Å². The van der Waals surface area contributed by atoms with E-state index < -0.39 is 22.9 Å². The average Bonchev–Trinajstić information content (AvgIpc) is 2.72. The van der Waals surface area contributed by atoms with Gasteiger partial charge in [-0.2, -0.15) is 0 Å². The molecule has 0 radical (unpaired) electrons. The highest BCUT2D eigenvalue weighted by Crippen LogP contribution is 2.66. The summed E-state index contributed by atoms with van der Waals surface area (Å²) >= 11 is 0. The van der Waals surface area contributed by atoms with Crippen molar-refractivity contribution in [1.82, 2.24) is 0 Å². The van der Waals surface area contributed by atoms with E-state index in [9.17, 15) is 18.0 Å².